The first kappa shape index (κ1) is 18.1. The first-order valence-electron chi connectivity index (χ1n) is 9.44. The molecule has 0 amide bonds. The van der Waals surface area contributed by atoms with Crippen LogP contribution in [0.4, 0.5) is 15.8 Å². The molecule has 0 atom stereocenters. The van der Waals surface area contributed by atoms with Gasteiger partial charge in [0, 0.05) is 47.9 Å². The van der Waals surface area contributed by atoms with E-state index in [0.717, 1.165) is 24.3 Å². The predicted molar refractivity (Wildman–Crippen MR) is 110 cm³/mol. The molecule has 0 unspecified atom stereocenters. The molecule has 2 aromatic heterocycles. The third-order valence-corrected chi connectivity index (χ3v) is 5.12. The van der Waals surface area contributed by atoms with Crippen molar-refractivity contribution in [2.45, 2.75) is 19.3 Å². The van der Waals surface area contributed by atoms with Crippen molar-refractivity contribution in [1.29, 1.82) is 5.41 Å². The third kappa shape index (κ3) is 3.45. The molecule has 3 heterocycles. The second-order valence-electron chi connectivity index (χ2n) is 6.95. The molecule has 0 aliphatic carbocycles. The number of anilines is 2. The Bertz CT molecular complexity index is 1010. The molecule has 0 saturated carbocycles. The van der Waals surface area contributed by atoms with E-state index < -0.39 is 5.82 Å². The molecule has 0 bridgehead atoms. The molecular formula is C22H22FN5. The summed E-state index contributed by atoms with van der Waals surface area (Å²) in [6.07, 6.45) is 8.69. The van der Waals surface area contributed by atoms with E-state index in [9.17, 15) is 4.39 Å². The van der Waals surface area contributed by atoms with Gasteiger partial charge < -0.3 is 10.6 Å². The van der Waals surface area contributed by atoms with Crippen LogP contribution in [0.5, 0.6) is 0 Å². The fraction of sp³-hybridized carbons (Fsp3) is 0.227. The van der Waals surface area contributed by atoms with Crippen LogP contribution in [0.2, 0.25) is 0 Å². The zero-order valence-corrected chi connectivity index (χ0v) is 15.5. The Balaban J connectivity index is 1.76. The minimum absolute atomic E-state index is 0.0441. The van der Waals surface area contributed by atoms with Crippen LogP contribution in [0.15, 0.2) is 55.0 Å². The molecule has 6 heteroatoms. The van der Waals surface area contributed by atoms with Crippen molar-refractivity contribution in [3.05, 3.63) is 71.9 Å². The van der Waals surface area contributed by atoms with Gasteiger partial charge >= 0.3 is 0 Å². The van der Waals surface area contributed by atoms with Crippen LogP contribution in [0.25, 0.3) is 11.3 Å². The van der Waals surface area contributed by atoms with E-state index >= 15 is 0 Å². The first-order chi connectivity index (χ1) is 13.6. The van der Waals surface area contributed by atoms with Crippen LogP contribution in [0.1, 0.15) is 30.4 Å². The van der Waals surface area contributed by atoms with Crippen molar-refractivity contribution in [2.24, 2.45) is 0 Å². The van der Waals surface area contributed by atoms with Crippen LogP contribution in [0, 0.1) is 11.2 Å². The highest BCUT2D eigenvalue weighted by molar-refractivity contribution is 6.14. The molecule has 4 rings (SSSR count). The number of nitrogens with two attached hydrogens (primary N) is 1. The Labute approximate surface area is 163 Å². The Kier molecular flexibility index (Phi) is 5.02. The number of halogens is 1. The van der Waals surface area contributed by atoms with E-state index in [1.165, 1.54) is 31.5 Å². The largest absolute Gasteiger partial charge is 0.397 e. The van der Waals surface area contributed by atoms with E-state index in [1.807, 2.05) is 6.07 Å². The molecule has 0 radical (unpaired) electrons. The Morgan fingerprint density at radius 2 is 1.82 bits per heavy atom. The number of rotatable bonds is 4. The van der Waals surface area contributed by atoms with Gasteiger partial charge in [-0.2, -0.15) is 0 Å². The van der Waals surface area contributed by atoms with E-state index in [2.05, 4.69) is 14.9 Å². The highest BCUT2D eigenvalue weighted by Crippen LogP contribution is 2.32. The van der Waals surface area contributed by atoms with Crippen molar-refractivity contribution < 1.29 is 4.39 Å². The van der Waals surface area contributed by atoms with Gasteiger partial charge in [-0.3, -0.25) is 15.4 Å². The van der Waals surface area contributed by atoms with E-state index in [4.69, 9.17) is 11.1 Å². The number of pyridine rings is 2. The van der Waals surface area contributed by atoms with Crippen LogP contribution in [-0.4, -0.2) is 28.8 Å². The normalized spacial score (nSPS) is 14.1. The topological polar surface area (TPSA) is 78.9 Å². The maximum absolute atomic E-state index is 14.2. The lowest BCUT2D eigenvalue weighted by Crippen LogP contribution is -2.29. The van der Waals surface area contributed by atoms with Crippen molar-refractivity contribution in [1.82, 2.24) is 9.97 Å². The van der Waals surface area contributed by atoms with Crippen LogP contribution in [-0.2, 0) is 0 Å². The van der Waals surface area contributed by atoms with Gasteiger partial charge in [0.25, 0.3) is 0 Å². The predicted octanol–water partition coefficient (Wildman–Crippen LogP) is 4.27. The van der Waals surface area contributed by atoms with Crippen LogP contribution in [0.3, 0.4) is 0 Å². The van der Waals surface area contributed by atoms with Gasteiger partial charge in [0.1, 0.15) is 5.82 Å². The quantitative estimate of drug-likeness (QED) is 0.668. The molecule has 142 valence electrons. The van der Waals surface area contributed by atoms with Gasteiger partial charge in [-0.1, -0.05) is 12.1 Å². The highest BCUT2D eigenvalue weighted by Gasteiger charge is 2.19. The summed E-state index contributed by atoms with van der Waals surface area (Å²) in [5.74, 6) is -0.444. The number of nitrogen functional groups attached to an aromatic ring is 1. The third-order valence-electron chi connectivity index (χ3n) is 5.12. The molecule has 3 aromatic rings. The monoisotopic (exact) mass is 375 g/mol. The van der Waals surface area contributed by atoms with Crippen molar-refractivity contribution in [2.75, 3.05) is 23.7 Å². The highest BCUT2D eigenvalue weighted by atomic mass is 19.1. The molecular weight excluding hydrogens is 353 g/mol. The van der Waals surface area contributed by atoms with Crippen molar-refractivity contribution in [3.63, 3.8) is 0 Å². The first-order valence-corrected chi connectivity index (χ1v) is 9.44. The number of nitrogens with one attached hydrogen (secondary N) is 1. The lowest BCUT2D eigenvalue weighted by molar-refractivity contribution is 0.578. The summed E-state index contributed by atoms with van der Waals surface area (Å²) < 4.78 is 14.2. The number of benzene rings is 1. The average Bonchev–Trinajstić information content (AvgIpc) is 2.75. The second-order valence-corrected chi connectivity index (χ2v) is 6.95. The van der Waals surface area contributed by atoms with Gasteiger partial charge in [0.15, 0.2) is 0 Å². The fourth-order valence-electron chi connectivity index (χ4n) is 3.63. The van der Waals surface area contributed by atoms with Crippen molar-refractivity contribution in [3.8, 4) is 11.3 Å². The maximum atomic E-state index is 14.2. The van der Waals surface area contributed by atoms with Crippen molar-refractivity contribution >= 4 is 17.1 Å². The zero-order valence-electron chi connectivity index (χ0n) is 15.5. The number of nitrogens with zero attached hydrogens (tertiary/aromatic N) is 3. The summed E-state index contributed by atoms with van der Waals surface area (Å²) in [6, 6.07) is 10.0. The Morgan fingerprint density at radius 1 is 1.04 bits per heavy atom. The number of piperidine rings is 1. The average molecular weight is 375 g/mol. The SMILES string of the molecule is N=C(c1cc(-c2cnccc2N2CCCCC2)ncc1N)c1ccccc1F. The summed E-state index contributed by atoms with van der Waals surface area (Å²) in [5, 5.41) is 8.49. The standard InChI is InChI=1S/C22H22FN5/c23-18-7-3-2-6-15(18)22(25)16-12-20(27-14-19(16)24)17-13-26-9-8-21(17)28-10-4-1-5-11-28/h2-3,6-9,12-14,25H,1,4-5,10-11,24H2. The van der Waals surface area contributed by atoms with Gasteiger partial charge in [0.2, 0.25) is 0 Å². The molecule has 5 nitrogen and oxygen atoms in total. The molecule has 1 saturated heterocycles. The molecule has 0 spiro atoms. The lowest BCUT2D eigenvalue weighted by atomic mass is 9.99. The van der Waals surface area contributed by atoms with E-state index in [0.29, 0.717) is 16.9 Å². The van der Waals surface area contributed by atoms with Gasteiger partial charge in [-0.15, -0.1) is 0 Å². The van der Waals surface area contributed by atoms with Gasteiger partial charge in [-0.05, 0) is 43.5 Å². The summed E-state index contributed by atoms with van der Waals surface area (Å²) in [7, 11) is 0. The molecule has 1 aliphatic heterocycles. The minimum Gasteiger partial charge on any atom is -0.397 e. The van der Waals surface area contributed by atoms with Gasteiger partial charge in [0.05, 0.1) is 23.3 Å². The lowest BCUT2D eigenvalue weighted by Gasteiger charge is -2.30. The molecule has 1 fully saturated rings. The Morgan fingerprint density at radius 3 is 2.61 bits per heavy atom. The molecule has 1 aromatic carbocycles. The van der Waals surface area contributed by atoms with Crippen LogP contribution < -0.4 is 10.6 Å². The Hall–Kier alpha value is -3.28. The summed E-state index contributed by atoms with van der Waals surface area (Å²) in [5.41, 5.74) is 9.81. The van der Waals surface area contributed by atoms with Crippen LogP contribution >= 0.6 is 0 Å². The molecule has 28 heavy (non-hydrogen) atoms. The number of hydrogen-bond donors (Lipinski definition) is 2. The zero-order chi connectivity index (χ0) is 19.5. The number of hydrogen-bond acceptors (Lipinski definition) is 5. The summed E-state index contributed by atoms with van der Waals surface area (Å²) >= 11 is 0. The minimum atomic E-state index is -0.444. The smallest absolute Gasteiger partial charge is 0.132 e. The fourth-order valence-corrected chi connectivity index (χ4v) is 3.63. The molecule has 3 N–H and O–H groups in total. The number of aromatic nitrogens is 2. The summed E-state index contributed by atoms with van der Waals surface area (Å²) in [4.78, 5) is 11.1. The second kappa shape index (κ2) is 7.76. The van der Waals surface area contributed by atoms with E-state index in [-0.39, 0.29) is 11.3 Å². The molecule has 1 aliphatic rings. The van der Waals surface area contributed by atoms with Gasteiger partial charge in [-0.25, -0.2) is 4.39 Å². The van der Waals surface area contributed by atoms with E-state index in [1.54, 1.807) is 36.7 Å². The maximum Gasteiger partial charge on any atom is 0.132 e. The summed E-state index contributed by atoms with van der Waals surface area (Å²) in [6.45, 7) is 2.01.